The highest BCUT2D eigenvalue weighted by Gasteiger charge is 2.09. The number of aliphatic carboxylic acids is 1. The van der Waals surface area contributed by atoms with E-state index in [1.165, 1.54) is 6.08 Å². The van der Waals surface area contributed by atoms with Crippen molar-refractivity contribution in [3.05, 3.63) is 144 Å². The first-order valence-corrected chi connectivity index (χ1v) is 18.5. The molecule has 0 aliphatic rings. The van der Waals surface area contributed by atoms with E-state index in [0.29, 0.717) is 17.2 Å². The van der Waals surface area contributed by atoms with Crippen molar-refractivity contribution in [2.75, 3.05) is 24.3 Å². The van der Waals surface area contributed by atoms with Gasteiger partial charge in [-0.3, -0.25) is 4.79 Å². The second-order valence-corrected chi connectivity index (χ2v) is 12.5. The van der Waals surface area contributed by atoms with Gasteiger partial charge in [0.2, 0.25) is 5.91 Å². The quantitative estimate of drug-likeness (QED) is 0.0612. The van der Waals surface area contributed by atoms with Gasteiger partial charge < -0.3 is 25.6 Å². The van der Waals surface area contributed by atoms with Crippen molar-refractivity contribution >= 4 is 35.4 Å². The van der Waals surface area contributed by atoms with E-state index in [1.807, 2.05) is 100 Å². The Balaban J connectivity index is 0.000000216. The molecule has 0 radical (unpaired) electrons. The fourth-order valence-corrected chi connectivity index (χ4v) is 5.39. The summed E-state index contributed by atoms with van der Waals surface area (Å²) in [7, 11) is 0. The summed E-state index contributed by atoms with van der Waals surface area (Å²) in [6.45, 7) is 8.17. The van der Waals surface area contributed by atoms with Crippen molar-refractivity contribution in [3.8, 4) is 47.6 Å². The second kappa shape index (κ2) is 22.6. The maximum Gasteiger partial charge on any atom is 0.328 e. The third-order valence-corrected chi connectivity index (χ3v) is 8.20. The maximum absolute atomic E-state index is 12.4. The third kappa shape index (κ3) is 13.7. The fraction of sp³-hybridized carbons (Fsp3) is 0.174. The number of anilines is 2. The lowest BCUT2D eigenvalue weighted by atomic mass is 10.1. The molecule has 0 aliphatic heterocycles. The zero-order valence-corrected chi connectivity index (χ0v) is 33.4. The molecular weight excluding hydrogens is 745 g/mol. The van der Waals surface area contributed by atoms with Crippen LogP contribution in [0.3, 0.4) is 0 Å². The molecule has 2 aromatic heterocycles. The van der Waals surface area contributed by atoms with Crippen LogP contribution in [0.4, 0.5) is 11.4 Å². The lowest BCUT2D eigenvalue weighted by Crippen LogP contribution is -2.11. The number of terminal acetylenes is 2. The molecule has 0 fully saturated rings. The highest BCUT2D eigenvalue weighted by molar-refractivity contribution is 6.03. The lowest BCUT2D eigenvalue weighted by Gasteiger charge is -2.10. The fourth-order valence-electron chi connectivity index (χ4n) is 5.39. The van der Waals surface area contributed by atoms with Gasteiger partial charge in [-0.05, 0) is 110 Å². The first-order valence-electron chi connectivity index (χ1n) is 18.5. The minimum Gasteiger partial charge on any atom is -0.481 e. The Hall–Kier alpha value is -7.90. The predicted molar refractivity (Wildman–Crippen MR) is 231 cm³/mol. The number of nitrogens with one attached hydrogen (secondary N) is 1. The number of carboxylic acid groups (broad SMARTS) is 1. The number of aromatic nitrogens is 6. The van der Waals surface area contributed by atoms with Gasteiger partial charge in [-0.1, -0.05) is 62.1 Å². The SMILES string of the molecule is C#CCOc1ccc(/C=C/C(=O)Nc2ccccc2-n2cnc(C)n2)cc1CC.C#CCOc1ccc(/C=C/C(=O)O)cc1CC.Cc1ncn(-c2ccccc2N)n1. The number of amides is 1. The molecule has 4 N–H and O–H groups in total. The van der Waals surface area contributed by atoms with Crippen LogP contribution in [0.15, 0.2) is 110 Å². The van der Waals surface area contributed by atoms with Gasteiger partial charge in [0.05, 0.1) is 22.7 Å². The molecule has 0 aliphatic carbocycles. The molecule has 0 unspecified atom stereocenters. The van der Waals surface area contributed by atoms with Crippen molar-refractivity contribution in [1.82, 2.24) is 29.5 Å². The first kappa shape index (κ1) is 43.8. The Morgan fingerprint density at radius 2 is 1.24 bits per heavy atom. The van der Waals surface area contributed by atoms with Crippen molar-refractivity contribution in [2.24, 2.45) is 0 Å². The molecule has 0 spiro atoms. The summed E-state index contributed by atoms with van der Waals surface area (Å²) in [5.41, 5.74) is 12.5. The Kier molecular flexibility index (Phi) is 16.8. The summed E-state index contributed by atoms with van der Waals surface area (Å²) in [6.07, 6.45) is 21.2. The molecule has 59 heavy (non-hydrogen) atoms. The standard InChI is InChI=1S/C23H22N4O2.C14H14O3.C9H10N4/c1-4-14-29-22-12-10-18(15-19(22)5-2)11-13-23(28)25-20-8-6-7-9-21(20)27-16-24-17(3)26-27;1-3-9-17-13-7-5-11(6-8-14(15)16)10-12(13)4-2;1-7-11-6-13(12-7)9-5-3-2-4-8(9)10/h1,6-13,15-16H,5,14H2,2-3H3,(H,25,28);1,5-8,10H,4,9H2,2H3,(H,15,16);2-6H,10H2,1H3/b13-11+;8-6+;. The number of aryl methyl sites for hydroxylation is 4. The highest BCUT2D eigenvalue weighted by atomic mass is 16.5. The summed E-state index contributed by atoms with van der Waals surface area (Å²) in [6, 6.07) is 26.2. The van der Waals surface area contributed by atoms with Crippen LogP contribution in [0.25, 0.3) is 23.5 Å². The largest absolute Gasteiger partial charge is 0.481 e. The Bertz CT molecular complexity index is 2490. The van der Waals surface area contributed by atoms with Gasteiger partial charge in [0.15, 0.2) is 0 Å². The van der Waals surface area contributed by atoms with Gasteiger partial charge in [-0.2, -0.15) is 10.2 Å². The Morgan fingerprint density at radius 1 is 0.746 bits per heavy atom. The number of carbonyl (C=O) groups excluding carboxylic acids is 1. The number of carbonyl (C=O) groups is 2. The second-order valence-electron chi connectivity index (χ2n) is 12.5. The topological polar surface area (TPSA) is 172 Å². The molecular formula is C46H46N8O5. The van der Waals surface area contributed by atoms with Crippen LogP contribution in [-0.4, -0.2) is 59.7 Å². The monoisotopic (exact) mass is 790 g/mol. The lowest BCUT2D eigenvalue weighted by molar-refractivity contribution is -0.131. The van der Waals surface area contributed by atoms with E-state index in [2.05, 4.69) is 37.3 Å². The summed E-state index contributed by atoms with van der Waals surface area (Å²) in [5, 5.41) is 19.9. The van der Waals surface area contributed by atoms with Crippen LogP contribution in [-0.2, 0) is 22.4 Å². The first-order chi connectivity index (χ1) is 28.5. The number of nitrogens with zero attached hydrogens (tertiary/aromatic N) is 6. The van der Waals surface area contributed by atoms with Crippen molar-refractivity contribution < 1.29 is 24.2 Å². The van der Waals surface area contributed by atoms with E-state index < -0.39 is 5.97 Å². The number of rotatable bonds is 13. The van der Waals surface area contributed by atoms with E-state index in [4.69, 9.17) is 33.2 Å². The normalized spacial score (nSPS) is 10.4. The van der Waals surface area contributed by atoms with Gasteiger partial charge in [-0.15, -0.1) is 12.8 Å². The molecule has 13 nitrogen and oxygen atoms in total. The van der Waals surface area contributed by atoms with Crippen LogP contribution in [0.1, 0.15) is 47.8 Å². The summed E-state index contributed by atoms with van der Waals surface area (Å²) in [5.74, 6) is 6.59. The number of nitrogen functional groups attached to an aromatic ring is 1. The molecule has 0 bridgehead atoms. The van der Waals surface area contributed by atoms with Gasteiger partial charge in [0.25, 0.3) is 0 Å². The molecule has 1 amide bonds. The van der Waals surface area contributed by atoms with Crippen LogP contribution < -0.4 is 20.5 Å². The van der Waals surface area contributed by atoms with Gasteiger partial charge in [-0.25, -0.2) is 24.1 Å². The third-order valence-electron chi connectivity index (χ3n) is 8.20. The van der Waals surface area contributed by atoms with Gasteiger partial charge >= 0.3 is 5.97 Å². The molecule has 13 heteroatoms. The number of benzene rings is 4. The highest BCUT2D eigenvalue weighted by Crippen LogP contribution is 2.23. The van der Waals surface area contributed by atoms with E-state index in [-0.39, 0.29) is 19.1 Å². The molecule has 0 saturated heterocycles. The van der Waals surface area contributed by atoms with Crippen LogP contribution in [0, 0.1) is 38.5 Å². The molecule has 2 heterocycles. The van der Waals surface area contributed by atoms with E-state index in [1.54, 1.807) is 46.3 Å². The van der Waals surface area contributed by atoms with Crippen molar-refractivity contribution in [1.29, 1.82) is 0 Å². The number of ether oxygens (including phenoxy) is 2. The van der Waals surface area contributed by atoms with Crippen LogP contribution >= 0.6 is 0 Å². The average molecular weight is 791 g/mol. The van der Waals surface area contributed by atoms with Crippen molar-refractivity contribution in [3.63, 3.8) is 0 Å². The van der Waals surface area contributed by atoms with E-state index >= 15 is 0 Å². The number of para-hydroxylation sites is 4. The maximum atomic E-state index is 12.4. The van der Waals surface area contributed by atoms with Gasteiger partial charge in [0.1, 0.15) is 49.0 Å². The summed E-state index contributed by atoms with van der Waals surface area (Å²) >= 11 is 0. The van der Waals surface area contributed by atoms with Crippen LogP contribution in [0.2, 0.25) is 0 Å². The predicted octanol–water partition coefficient (Wildman–Crippen LogP) is 7.32. The zero-order chi connectivity index (χ0) is 42.6. The van der Waals surface area contributed by atoms with Gasteiger partial charge in [0, 0.05) is 12.2 Å². The Morgan fingerprint density at radius 3 is 1.71 bits per heavy atom. The molecule has 4 aromatic carbocycles. The molecule has 6 rings (SSSR count). The van der Waals surface area contributed by atoms with E-state index in [0.717, 1.165) is 69.9 Å². The molecule has 300 valence electrons. The Labute approximate surface area is 344 Å². The zero-order valence-electron chi connectivity index (χ0n) is 33.4. The average Bonchev–Trinajstić information content (AvgIpc) is 3.89. The summed E-state index contributed by atoms with van der Waals surface area (Å²) in [4.78, 5) is 31.0. The number of hydrogen-bond donors (Lipinski definition) is 3. The minimum atomic E-state index is -0.962. The smallest absolute Gasteiger partial charge is 0.328 e. The number of carboxylic acids is 1. The number of nitrogens with two attached hydrogens (primary N) is 1. The molecule has 6 aromatic rings. The molecule has 0 atom stereocenters. The molecule has 0 saturated carbocycles. The van der Waals surface area contributed by atoms with Crippen molar-refractivity contribution in [2.45, 2.75) is 40.5 Å². The summed E-state index contributed by atoms with van der Waals surface area (Å²) < 4.78 is 14.2. The number of hydrogen-bond acceptors (Lipinski definition) is 9. The minimum absolute atomic E-state index is 0.231. The van der Waals surface area contributed by atoms with E-state index in [9.17, 15) is 9.59 Å². The van der Waals surface area contributed by atoms with Crippen LogP contribution in [0.5, 0.6) is 11.5 Å².